The second-order valence-electron chi connectivity index (χ2n) is 5.54. The van der Waals surface area contributed by atoms with Gasteiger partial charge >= 0.3 is 0 Å². The van der Waals surface area contributed by atoms with Gasteiger partial charge in [0.1, 0.15) is 11.0 Å². The van der Waals surface area contributed by atoms with Gasteiger partial charge in [0.2, 0.25) is 0 Å². The van der Waals surface area contributed by atoms with Crippen LogP contribution in [0.5, 0.6) is 0 Å². The summed E-state index contributed by atoms with van der Waals surface area (Å²) in [4.78, 5) is 7.93. The summed E-state index contributed by atoms with van der Waals surface area (Å²) in [6.45, 7) is 3.48. The van der Waals surface area contributed by atoms with Gasteiger partial charge in [-0.05, 0) is 37.1 Å². The van der Waals surface area contributed by atoms with Gasteiger partial charge in [0.25, 0.3) is 0 Å². The molecule has 2 aromatic heterocycles. The first kappa shape index (κ1) is 16.0. The normalized spacial score (nSPS) is 10.5. The average Bonchev–Trinajstić information content (AvgIpc) is 2.62. The van der Waals surface area contributed by atoms with Crippen molar-refractivity contribution < 1.29 is 8.78 Å². The zero-order valence-corrected chi connectivity index (χ0v) is 13.4. The molecule has 0 N–H and O–H groups in total. The van der Waals surface area contributed by atoms with E-state index < -0.39 is 0 Å². The van der Waals surface area contributed by atoms with Gasteiger partial charge in [0.15, 0.2) is 11.6 Å². The quantitative estimate of drug-likeness (QED) is 0.435. The molecule has 24 heavy (non-hydrogen) atoms. The molecule has 4 rings (SSSR count). The van der Waals surface area contributed by atoms with Crippen LogP contribution in [0.1, 0.15) is 11.1 Å². The summed E-state index contributed by atoms with van der Waals surface area (Å²) in [5.41, 5.74) is 2.19. The first-order valence-electron chi connectivity index (χ1n) is 7.57. The third kappa shape index (κ3) is 3.08. The molecule has 0 radical (unpaired) electrons. The lowest BCUT2D eigenvalue weighted by atomic mass is 10.1. The fraction of sp³-hybridized carbons (Fsp3) is 0.100. The minimum atomic E-state index is -0.215. The first-order chi connectivity index (χ1) is 11.6. The number of aryl methyl sites for hydroxylation is 2. The fourth-order valence-corrected chi connectivity index (χ4v) is 2.42. The number of halogens is 2. The molecule has 0 atom stereocenters. The zero-order chi connectivity index (χ0) is 17.1. The molecular weight excluding hydrogens is 306 g/mol. The van der Waals surface area contributed by atoms with Crippen molar-refractivity contribution in [2.45, 2.75) is 13.8 Å². The predicted molar refractivity (Wildman–Crippen MR) is 92.9 cm³/mol. The molecule has 2 heterocycles. The summed E-state index contributed by atoms with van der Waals surface area (Å²) in [6, 6.07) is 14.6. The van der Waals surface area contributed by atoms with Crippen molar-refractivity contribution in [3.05, 3.63) is 83.7 Å². The maximum atomic E-state index is 13.3. The summed E-state index contributed by atoms with van der Waals surface area (Å²) in [6.07, 6.45) is 3.20. The van der Waals surface area contributed by atoms with Crippen LogP contribution in [0.25, 0.3) is 21.8 Å². The van der Waals surface area contributed by atoms with Crippen LogP contribution >= 0.6 is 0 Å². The van der Waals surface area contributed by atoms with Crippen LogP contribution in [0.2, 0.25) is 0 Å². The van der Waals surface area contributed by atoms with Crippen LogP contribution in [-0.4, -0.2) is 9.97 Å². The molecule has 2 nitrogen and oxygen atoms in total. The van der Waals surface area contributed by atoms with E-state index >= 15 is 0 Å². The summed E-state index contributed by atoms with van der Waals surface area (Å²) >= 11 is 0. The minimum Gasteiger partial charge on any atom is -0.253 e. The van der Waals surface area contributed by atoms with Crippen LogP contribution in [0.4, 0.5) is 8.78 Å². The van der Waals surface area contributed by atoms with E-state index in [-0.39, 0.29) is 11.6 Å². The maximum absolute atomic E-state index is 13.3. The molecule has 0 aliphatic carbocycles. The largest absolute Gasteiger partial charge is 0.253 e. The van der Waals surface area contributed by atoms with Crippen molar-refractivity contribution in [2.24, 2.45) is 0 Å². The van der Waals surface area contributed by atoms with E-state index in [1.807, 2.05) is 24.3 Å². The molecule has 0 aliphatic rings. The molecule has 0 saturated carbocycles. The van der Waals surface area contributed by atoms with Crippen LogP contribution in [0.3, 0.4) is 0 Å². The van der Waals surface area contributed by atoms with E-state index in [1.54, 1.807) is 50.5 Å². The molecular formula is C20H16F2N2. The SMILES string of the molecule is Cc1ccc2cccnc2c1F.Cc1ccc2cccnc2c1F. The van der Waals surface area contributed by atoms with E-state index in [4.69, 9.17) is 0 Å². The summed E-state index contributed by atoms with van der Waals surface area (Å²) in [5, 5.41) is 1.70. The Hall–Kier alpha value is -2.88. The molecule has 120 valence electrons. The Morgan fingerprint density at radius 1 is 0.625 bits per heavy atom. The topological polar surface area (TPSA) is 25.8 Å². The van der Waals surface area contributed by atoms with E-state index in [0.29, 0.717) is 22.2 Å². The molecule has 0 unspecified atom stereocenters. The monoisotopic (exact) mass is 322 g/mol. The lowest BCUT2D eigenvalue weighted by Crippen LogP contribution is -1.86. The molecule has 0 spiro atoms. The van der Waals surface area contributed by atoms with Gasteiger partial charge in [-0.15, -0.1) is 0 Å². The summed E-state index contributed by atoms with van der Waals surface area (Å²) in [5.74, 6) is -0.429. The number of hydrogen-bond donors (Lipinski definition) is 0. The highest BCUT2D eigenvalue weighted by molar-refractivity contribution is 5.80. The van der Waals surface area contributed by atoms with Gasteiger partial charge in [-0.3, -0.25) is 9.97 Å². The van der Waals surface area contributed by atoms with Crippen molar-refractivity contribution in [1.82, 2.24) is 9.97 Å². The molecule has 0 bridgehead atoms. The molecule has 4 aromatic rings. The summed E-state index contributed by atoms with van der Waals surface area (Å²) < 4.78 is 26.7. The number of hydrogen-bond acceptors (Lipinski definition) is 2. The highest BCUT2D eigenvalue weighted by atomic mass is 19.1. The Morgan fingerprint density at radius 2 is 1.04 bits per heavy atom. The van der Waals surface area contributed by atoms with Gasteiger partial charge in [-0.1, -0.05) is 36.4 Å². The van der Waals surface area contributed by atoms with E-state index in [1.165, 1.54) is 0 Å². The van der Waals surface area contributed by atoms with Crippen LogP contribution < -0.4 is 0 Å². The van der Waals surface area contributed by atoms with Crippen molar-refractivity contribution in [2.75, 3.05) is 0 Å². The van der Waals surface area contributed by atoms with Crippen molar-refractivity contribution >= 4 is 21.8 Å². The van der Waals surface area contributed by atoms with Crippen molar-refractivity contribution in [3.63, 3.8) is 0 Å². The highest BCUT2D eigenvalue weighted by Gasteiger charge is 2.03. The molecule has 0 aliphatic heterocycles. The second-order valence-corrected chi connectivity index (χ2v) is 5.54. The predicted octanol–water partition coefficient (Wildman–Crippen LogP) is 5.36. The third-order valence-electron chi connectivity index (χ3n) is 3.81. The molecule has 4 heteroatoms. The molecule has 0 amide bonds. The number of rotatable bonds is 0. The smallest absolute Gasteiger partial charge is 0.152 e. The van der Waals surface area contributed by atoms with Crippen LogP contribution in [-0.2, 0) is 0 Å². The Bertz CT molecular complexity index is 929. The molecule has 0 saturated heterocycles. The second kappa shape index (κ2) is 6.71. The Labute approximate surface area is 138 Å². The van der Waals surface area contributed by atoms with Gasteiger partial charge in [-0.2, -0.15) is 0 Å². The Kier molecular flexibility index (Phi) is 4.47. The van der Waals surface area contributed by atoms with Gasteiger partial charge in [0, 0.05) is 23.2 Å². The third-order valence-corrected chi connectivity index (χ3v) is 3.81. The first-order valence-corrected chi connectivity index (χ1v) is 7.57. The van der Waals surface area contributed by atoms with Crippen molar-refractivity contribution in [3.8, 4) is 0 Å². The van der Waals surface area contributed by atoms with Crippen LogP contribution in [0.15, 0.2) is 60.9 Å². The highest BCUT2D eigenvalue weighted by Crippen LogP contribution is 2.18. The molecule has 0 fully saturated rings. The number of fused-ring (bicyclic) bond motifs is 2. The van der Waals surface area contributed by atoms with E-state index in [2.05, 4.69) is 9.97 Å². The maximum Gasteiger partial charge on any atom is 0.152 e. The number of nitrogens with zero attached hydrogens (tertiary/aromatic N) is 2. The number of pyridine rings is 2. The van der Waals surface area contributed by atoms with Gasteiger partial charge < -0.3 is 0 Å². The van der Waals surface area contributed by atoms with E-state index in [0.717, 1.165) is 10.8 Å². The lowest BCUT2D eigenvalue weighted by Gasteiger charge is -1.99. The van der Waals surface area contributed by atoms with Crippen molar-refractivity contribution in [1.29, 1.82) is 0 Å². The zero-order valence-electron chi connectivity index (χ0n) is 13.4. The summed E-state index contributed by atoms with van der Waals surface area (Å²) in [7, 11) is 0. The lowest BCUT2D eigenvalue weighted by molar-refractivity contribution is 0.627. The van der Waals surface area contributed by atoms with Gasteiger partial charge in [-0.25, -0.2) is 8.78 Å². The standard InChI is InChI=1S/2C10H8FN/c2*1-7-4-5-8-3-2-6-12-10(8)9(7)11/h2*2-6H,1H3. The Balaban J connectivity index is 0.000000141. The minimum absolute atomic E-state index is 0.215. The average molecular weight is 322 g/mol. The van der Waals surface area contributed by atoms with Crippen LogP contribution in [0, 0.1) is 25.5 Å². The molecule has 2 aromatic carbocycles. The number of benzene rings is 2. The fourth-order valence-electron chi connectivity index (χ4n) is 2.42. The van der Waals surface area contributed by atoms with E-state index in [9.17, 15) is 8.78 Å². The van der Waals surface area contributed by atoms with Gasteiger partial charge in [0.05, 0.1) is 0 Å². The number of aromatic nitrogens is 2. The Morgan fingerprint density at radius 3 is 1.46 bits per heavy atom.